The van der Waals surface area contributed by atoms with Gasteiger partial charge in [-0.1, -0.05) is 35.6 Å². The molecule has 144 valence electrons. The molecule has 0 aliphatic carbocycles. The van der Waals surface area contributed by atoms with E-state index < -0.39 is 22.8 Å². The molecule has 28 heavy (non-hydrogen) atoms. The van der Waals surface area contributed by atoms with Gasteiger partial charge < -0.3 is 5.32 Å². The molecule has 0 saturated heterocycles. The number of amides is 2. The van der Waals surface area contributed by atoms with Crippen LogP contribution in [0.5, 0.6) is 0 Å². The molecule has 0 spiro atoms. The lowest BCUT2D eigenvalue weighted by Gasteiger charge is -2.14. The standard InChI is InChI=1S/C18H17N5O4S/c1-10-6-5-7-12(15(10)23(26)27)17(25)22-21-16(24)11(2)19-18-20-13-8-3-4-9-14(13)28-18/h3-9,11H,1-2H3,(H,19,20)(H,21,24)(H,22,25)/t11-/m1/s1. The highest BCUT2D eigenvalue weighted by atomic mass is 32.1. The fourth-order valence-corrected chi connectivity index (χ4v) is 3.52. The van der Waals surface area contributed by atoms with Crippen LogP contribution >= 0.6 is 11.3 Å². The number of para-hydroxylation sites is 2. The average molecular weight is 399 g/mol. The van der Waals surface area contributed by atoms with E-state index in [1.165, 1.54) is 36.5 Å². The Labute approximate surface area is 163 Å². The molecule has 9 nitrogen and oxygen atoms in total. The van der Waals surface area contributed by atoms with E-state index in [0.29, 0.717) is 10.7 Å². The Morgan fingerprint density at radius 1 is 1.14 bits per heavy atom. The Morgan fingerprint density at radius 2 is 1.89 bits per heavy atom. The van der Waals surface area contributed by atoms with Gasteiger partial charge in [-0.05, 0) is 32.0 Å². The molecular weight excluding hydrogens is 382 g/mol. The van der Waals surface area contributed by atoms with E-state index in [9.17, 15) is 19.7 Å². The molecule has 2 amide bonds. The molecule has 3 rings (SSSR count). The molecule has 0 fully saturated rings. The summed E-state index contributed by atoms with van der Waals surface area (Å²) in [6.45, 7) is 3.15. The largest absolute Gasteiger partial charge is 0.350 e. The Balaban J connectivity index is 1.62. The number of nitrogens with zero attached hydrogens (tertiary/aromatic N) is 2. The van der Waals surface area contributed by atoms with Crippen molar-refractivity contribution in [1.82, 2.24) is 15.8 Å². The monoisotopic (exact) mass is 399 g/mol. The number of carbonyl (C=O) groups excluding carboxylic acids is 2. The van der Waals surface area contributed by atoms with Crippen molar-refractivity contribution < 1.29 is 14.5 Å². The van der Waals surface area contributed by atoms with Gasteiger partial charge in [0.15, 0.2) is 5.13 Å². The van der Waals surface area contributed by atoms with Gasteiger partial charge >= 0.3 is 0 Å². The minimum Gasteiger partial charge on any atom is -0.350 e. The summed E-state index contributed by atoms with van der Waals surface area (Å²) >= 11 is 1.41. The first-order valence-corrected chi connectivity index (χ1v) is 9.15. The Hall–Kier alpha value is -3.53. The van der Waals surface area contributed by atoms with E-state index >= 15 is 0 Å². The number of aryl methyl sites for hydroxylation is 1. The molecule has 0 bridgehead atoms. The molecule has 10 heteroatoms. The number of nitrogens with one attached hydrogen (secondary N) is 3. The second kappa shape index (κ2) is 8.01. The van der Waals surface area contributed by atoms with Crippen LogP contribution in [0.25, 0.3) is 10.2 Å². The maximum Gasteiger partial charge on any atom is 0.285 e. The number of benzene rings is 2. The first kappa shape index (κ1) is 19.2. The number of hydrogen-bond donors (Lipinski definition) is 3. The van der Waals surface area contributed by atoms with E-state index in [2.05, 4.69) is 21.2 Å². The van der Waals surface area contributed by atoms with Gasteiger partial charge in [-0.15, -0.1) is 0 Å². The normalized spacial score (nSPS) is 11.6. The number of hydrogen-bond acceptors (Lipinski definition) is 7. The molecule has 0 aliphatic rings. The summed E-state index contributed by atoms with van der Waals surface area (Å²) in [5.74, 6) is -1.28. The van der Waals surface area contributed by atoms with Gasteiger partial charge in [0.2, 0.25) is 0 Å². The van der Waals surface area contributed by atoms with Crippen LogP contribution in [-0.2, 0) is 4.79 Å². The maximum absolute atomic E-state index is 12.3. The van der Waals surface area contributed by atoms with Crippen molar-refractivity contribution in [3.05, 3.63) is 63.7 Å². The first-order valence-electron chi connectivity index (χ1n) is 8.33. The second-order valence-electron chi connectivity index (χ2n) is 6.02. The quantitative estimate of drug-likeness (QED) is 0.447. The predicted molar refractivity (Wildman–Crippen MR) is 106 cm³/mol. The summed E-state index contributed by atoms with van der Waals surface area (Å²) in [6.07, 6.45) is 0. The number of hydrazine groups is 1. The molecule has 2 aromatic carbocycles. The van der Waals surface area contributed by atoms with Gasteiger partial charge in [0, 0.05) is 5.56 Å². The van der Waals surface area contributed by atoms with Crippen LogP contribution in [-0.4, -0.2) is 27.8 Å². The van der Waals surface area contributed by atoms with Gasteiger partial charge in [-0.2, -0.15) is 0 Å². The van der Waals surface area contributed by atoms with Crippen LogP contribution in [0.4, 0.5) is 10.8 Å². The maximum atomic E-state index is 12.3. The highest BCUT2D eigenvalue weighted by molar-refractivity contribution is 7.22. The summed E-state index contributed by atoms with van der Waals surface area (Å²) in [7, 11) is 0. The SMILES string of the molecule is Cc1cccc(C(=O)NNC(=O)[C@@H](C)Nc2nc3ccccc3s2)c1[N+](=O)[O-]. The van der Waals surface area contributed by atoms with Crippen LogP contribution in [0, 0.1) is 17.0 Å². The van der Waals surface area contributed by atoms with Crippen molar-refractivity contribution in [1.29, 1.82) is 0 Å². The summed E-state index contributed by atoms with van der Waals surface area (Å²) < 4.78 is 0.984. The number of anilines is 1. The topological polar surface area (TPSA) is 126 Å². The zero-order valence-electron chi connectivity index (χ0n) is 15.1. The van der Waals surface area contributed by atoms with Crippen LogP contribution in [0.2, 0.25) is 0 Å². The zero-order valence-corrected chi connectivity index (χ0v) is 15.9. The molecular formula is C18H17N5O4S. The number of fused-ring (bicyclic) bond motifs is 1. The molecule has 1 aromatic heterocycles. The van der Waals surface area contributed by atoms with Crippen LogP contribution < -0.4 is 16.2 Å². The third-order valence-corrected chi connectivity index (χ3v) is 4.96. The van der Waals surface area contributed by atoms with Gasteiger partial charge in [0.05, 0.1) is 15.1 Å². The van der Waals surface area contributed by atoms with E-state index in [0.717, 1.165) is 10.2 Å². The van der Waals surface area contributed by atoms with Crippen LogP contribution in [0.15, 0.2) is 42.5 Å². The second-order valence-corrected chi connectivity index (χ2v) is 7.05. The van der Waals surface area contributed by atoms with Crippen LogP contribution in [0.3, 0.4) is 0 Å². The van der Waals surface area contributed by atoms with Gasteiger partial charge in [0.1, 0.15) is 11.6 Å². The lowest BCUT2D eigenvalue weighted by molar-refractivity contribution is -0.385. The molecule has 1 atom stereocenters. The summed E-state index contributed by atoms with van der Waals surface area (Å²) in [6, 6.07) is 11.3. The number of thiazole rings is 1. The van der Waals surface area contributed by atoms with Crippen molar-refractivity contribution in [2.45, 2.75) is 19.9 Å². The van der Waals surface area contributed by atoms with Crippen molar-refractivity contribution in [2.75, 3.05) is 5.32 Å². The van der Waals surface area contributed by atoms with Gasteiger partial charge in [-0.25, -0.2) is 4.98 Å². The smallest absolute Gasteiger partial charge is 0.285 e. The number of aromatic nitrogens is 1. The van der Waals surface area contributed by atoms with Crippen molar-refractivity contribution in [3.8, 4) is 0 Å². The van der Waals surface area contributed by atoms with Gasteiger partial charge in [0.25, 0.3) is 17.5 Å². The summed E-state index contributed by atoms with van der Waals surface area (Å²) in [5, 5.41) is 14.7. The lowest BCUT2D eigenvalue weighted by Crippen LogP contribution is -2.47. The van der Waals surface area contributed by atoms with Crippen molar-refractivity contribution in [3.63, 3.8) is 0 Å². The minimum absolute atomic E-state index is 0.128. The molecule has 3 aromatic rings. The van der Waals surface area contributed by atoms with E-state index in [4.69, 9.17) is 0 Å². The minimum atomic E-state index is -0.768. The Kier molecular flexibility index (Phi) is 5.50. The van der Waals surface area contributed by atoms with Crippen molar-refractivity contribution in [2.24, 2.45) is 0 Å². The Morgan fingerprint density at radius 3 is 2.61 bits per heavy atom. The third kappa shape index (κ3) is 4.07. The molecule has 0 radical (unpaired) electrons. The number of carbonyl (C=O) groups is 2. The fraction of sp³-hybridized carbons (Fsp3) is 0.167. The predicted octanol–water partition coefficient (Wildman–Crippen LogP) is 2.77. The molecule has 0 aliphatic heterocycles. The number of nitro benzene ring substituents is 1. The molecule has 0 unspecified atom stereocenters. The molecule has 0 saturated carbocycles. The summed E-state index contributed by atoms with van der Waals surface area (Å²) in [5.41, 5.74) is 5.24. The van der Waals surface area contributed by atoms with Crippen molar-refractivity contribution >= 4 is 44.2 Å². The Bertz CT molecular complexity index is 1030. The van der Waals surface area contributed by atoms with Crippen LogP contribution in [0.1, 0.15) is 22.8 Å². The highest BCUT2D eigenvalue weighted by Crippen LogP contribution is 2.26. The van der Waals surface area contributed by atoms with E-state index in [1.54, 1.807) is 6.92 Å². The molecule has 3 N–H and O–H groups in total. The summed E-state index contributed by atoms with van der Waals surface area (Å²) in [4.78, 5) is 39.5. The fourth-order valence-electron chi connectivity index (χ4n) is 2.56. The van der Waals surface area contributed by atoms with E-state index in [-0.39, 0.29) is 11.3 Å². The first-order chi connectivity index (χ1) is 13.4. The van der Waals surface area contributed by atoms with Gasteiger partial charge in [-0.3, -0.25) is 30.6 Å². The zero-order chi connectivity index (χ0) is 20.3. The van der Waals surface area contributed by atoms with E-state index in [1.807, 2.05) is 24.3 Å². The number of nitro groups is 1. The third-order valence-electron chi connectivity index (χ3n) is 3.99. The molecule has 1 heterocycles. The lowest BCUT2D eigenvalue weighted by atomic mass is 10.1. The highest BCUT2D eigenvalue weighted by Gasteiger charge is 2.23. The number of rotatable bonds is 5. The average Bonchev–Trinajstić information content (AvgIpc) is 3.07.